The third kappa shape index (κ3) is 2.85. The van der Waals surface area contributed by atoms with E-state index in [1.807, 2.05) is 12.1 Å². The SMILES string of the molecule is CC1CCC(CN)CN1C(C)c1ccc(O)cc1. The first-order valence-corrected chi connectivity index (χ1v) is 6.86. The fourth-order valence-electron chi connectivity index (χ4n) is 2.89. The van der Waals surface area contributed by atoms with Gasteiger partial charge in [0.05, 0.1) is 0 Å². The highest BCUT2D eigenvalue weighted by atomic mass is 16.3. The van der Waals surface area contributed by atoms with Crippen molar-refractivity contribution in [1.29, 1.82) is 0 Å². The maximum absolute atomic E-state index is 9.35. The molecule has 3 unspecified atom stereocenters. The van der Waals surface area contributed by atoms with Crippen LogP contribution in [0.2, 0.25) is 0 Å². The number of likely N-dealkylation sites (tertiary alicyclic amines) is 1. The van der Waals surface area contributed by atoms with E-state index in [0.717, 1.165) is 13.1 Å². The van der Waals surface area contributed by atoms with Crippen LogP contribution in [0.1, 0.15) is 38.3 Å². The van der Waals surface area contributed by atoms with Gasteiger partial charge in [0.2, 0.25) is 0 Å². The van der Waals surface area contributed by atoms with Gasteiger partial charge in [-0.15, -0.1) is 0 Å². The maximum Gasteiger partial charge on any atom is 0.115 e. The molecule has 3 atom stereocenters. The molecular formula is C15H24N2O. The van der Waals surface area contributed by atoms with E-state index in [0.29, 0.717) is 23.8 Å². The number of hydrogen-bond acceptors (Lipinski definition) is 3. The molecule has 0 saturated carbocycles. The van der Waals surface area contributed by atoms with E-state index >= 15 is 0 Å². The Bertz CT molecular complexity index is 377. The van der Waals surface area contributed by atoms with Crippen LogP contribution in [0.25, 0.3) is 0 Å². The molecule has 0 aliphatic carbocycles. The third-order valence-corrected chi connectivity index (χ3v) is 4.23. The van der Waals surface area contributed by atoms with Crippen molar-refractivity contribution in [3.05, 3.63) is 29.8 Å². The average Bonchev–Trinajstić information content (AvgIpc) is 2.39. The summed E-state index contributed by atoms with van der Waals surface area (Å²) in [5, 5.41) is 9.35. The Hall–Kier alpha value is -1.06. The molecule has 2 rings (SSSR count). The molecule has 3 nitrogen and oxygen atoms in total. The van der Waals surface area contributed by atoms with Crippen LogP contribution in [0, 0.1) is 5.92 Å². The van der Waals surface area contributed by atoms with Crippen LogP contribution in [0.5, 0.6) is 5.75 Å². The number of piperidine rings is 1. The van der Waals surface area contributed by atoms with E-state index in [1.165, 1.54) is 18.4 Å². The lowest BCUT2D eigenvalue weighted by Gasteiger charge is -2.41. The minimum absolute atomic E-state index is 0.331. The maximum atomic E-state index is 9.35. The molecular weight excluding hydrogens is 224 g/mol. The van der Waals surface area contributed by atoms with Crippen LogP contribution >= 0.6 is 0 Å². The first-order chi connectivity index (χ1) is 8.61. The average molecular weight is 248 g/mol. The zero-order chi connectivity index (χ0) is 13.1. The summed E-state index contributed by atoms with van der Waals surface area (Å²) in [5.41, 5.74) is 7.07. The van der Waals surface area contributed by atoms with E-state index in [-0.39, 0.29) is 0 Å². The Labute approximate surface area is 110 Å². The number of phenols is 1. The minimum Gasteiger partial charge on any atom is -0.508 e. The first kappa shape index (κ1) is 13.4. The minimum atomic E-state index is 0.331. The van der Waals surface area contributed by atoms with Gasteiger partial charge in [-0.1, -0.05) is 12.1 Å². The standard InChI is InChI=1S/C15H24N2O/c1-11-3-4-13(9-16)10-17(11)12(2)14-5-7-15(18)8-6-14/h5-8,11-13,18H,3-4,9-10,16H2,1-2H3. The predicted octanol–water partition coefficient (Wildman–Crippen LogP) is 2.51. The summed E-state index contributed by atoms with van der Waals surface area (Å²) >= 11 is 0. The largest absolute Gasteiger partial charge is 0.508 e. The highest BCUT2D eigenvalue weighted by molar-refractivity contribution is 5.27. The van der Waals surface area contributed by atoms with Gasteiger partial charge in [-0.05, 0) is 56.8 Å². The van der Waals surface area contributed by atoms with Crippen LogP contribution in [-0.2, 0) is 0 Å². The number of hydrogen-bond donors (Lipinski definition) is 2. The van der Waals surface area contributed by atoms with Crippen molar-refractivity contribution >= 4 is 0 Å². The second-order valence-electron chi connectivity index (χ2n) is 5.49. The first-order valence-electron chi connectivity index (χ1n) is 6.86. The molecule has 18 heavy (non-hydrogen) atoms. The monoisotopic (exact) mass is 248 g/mol. The Morgan fingerprint density at radius 2 is 2.00 bits per heavy atom. The van der Waals surface area contributed by atoms with Crippen LogP contribution in [0.3, 0.4) is 0 Å². The zero-order valence-electron chi connectivity index (χ0n) is 11.3. The molecule has 1 heterocycles. The van der Waals surface area contributed by atoms with Crippen molar-refractivity contribution < 1.29 is 5.11 Å². The molecule has 0 bridgehead atoms. The summed E-state index contributed by atoms with van der Waals surface area (Å²) in [6.07, 6.45) is 2.47. The number of benzene rings is 1. The highest BCUT2D eigenvalue weighted by Crippen LogP contribution is 2.30. The molecule has 1 aliphatic rings. The van der Waals surface area contributed by atoms with Gasteiger partial charge in [-0.3, -0.25) is 4.90 Å². The van der Waals surface area contributed by atoms with Gasteiger partial charge in [-0.2, -0.15) is 0 Å². The topological polar surface area (TPSA) is 49.5 Å². The molecule has 1 fully saturated rings. The Morgan fingerprint density at radius 3 is 2.61 bits per heavy atom. The van der Waals surface area contributed by atoms with Gasteiger partial charge < -0.3 is 10.8 Å². The smallest absolute Gasteiger partial charge is 0.115 e. The third-order valence-electron chi connectivity index (χ3n) is 4.23. The van der Waals surface area contributed by atoms with E-state index in [4.69, 9.17) is 5.73 Å². The molecule has 100 valence electrons. The Balaban J connectivity index is 2.11. The van der Waals surface area contributed by atoms with Crippen molar-refractivity contribution in [3.8, 4) is 5.75 Å². The summed E-state index contributed by atoms with van der Waals surface area (Å²) in [5.74, 6) is 0.957. The molecule has 0 amide bonds. The molecule has 0 spiro atoms. The molecule has 0 radical (unpaired) electrons. The Kier molecular flexibility index (Phi) is 4.25. The quantitative estimate of drug-likeness (QED) is 0.864. The molecule has 3 heteroatoms. The van der Waals surface area contributed by atoms with Crippen molar-refractivity contribution in [2.45, 2.75) is 38.8 Å². The lowest BCUT2D eigenvalue weighted by Crippen LogP contribution is -2.44. The Morgan fingerprint density at radius 1 is 1.33 bits per heavy atom. The van der Waals surface area contributed by atoms with Crippen LogP contribution < -0.4 is 5.73 Å². The normalized spacial score (nSPS) is 27.1. The molecule has 1 aliphatic heterocycles. The van der Waals surface area contributed by atoms with Gasteiger partial charge >= 0.3 is 0 Å². The second kappa shape index (κ2) is 5.72. The van der Waals surface area contributed by atoms with Gasteiger partial charge in [0, 0.05) is 18.6 Å². The number of nitrogens with zero attached hydrogens (tertiary/aromatic N) is 1. The van der Waals surface area contributed by atoms with Gasteiger partial charge in [0.15, 0.2) is 0 Å². The van der Waals surface area contributed by atoms with Crippen molar-refractivity contribution in [1.82, 2.24) is 4.90 Å². The molecule has 3 N–H and O–H groups in total. The van der Waals surface area contributed by atoms with E-state index in [9.17, 15) is 5.11 Å². The van der Waals surface area contributed by atoms with Crippen LogP contribution in [-0.4, -0.2) is 29.1 Å². The molecule has 1 aromatic carbocycles. The summed E-state index contributed by atoms with van der Waals surface area (Å²) in [7, 11) is 0. The summed E-state index contributed by atoms with van der Waals surface area (Å²) < 4.78 is 0. The number of phenolic OH excluding ortho intramolecular Hbond substituents is 1. The number of aromatic hydroxyl groups is 1. The van der Waals surface area contributed by atoms with E-state index in [1.54, 1.807) is 12.1 Å². The lowest BCUT2D eigenvalue weighted by molar-refractivity contribution is 0.0812. The van der Waals surface area contributed by atoms with Crippen molar-refractivity contribution in [3.63, 3.8) is 0 Å². The summed E-state index contributed by atoms with van der Waals surface area (Å²) in [6, 6.07) is 8.55. The fraction of sp³-hybridized carbons (Fsp3) is 0.600. The lowest BCUT2D eigenvalue weighted by atomic mass is 9.91. The van der Waals surface area contributed by atoms with Crippen molar-refractivity contribution in [2.75, 3.05) is 13.1 Å². The second-order valence-corrected chi connectivity index (χ2v) is 5.49. The van der Waals surface area contributed by atoms with Gasteiger partial charge in [-0.25, -0.2) is 0 Å². The van der Waals surface area contributed by atoms with E-state index < -0.39 is 0 Å². The van der Waals surface area contributed by atoms with Crippen LogP contribution in [0.4, 0.5) is 0 Å². The summed E-state index contributed by atoms with van der Waals surface area (Å²) in [6.45, 7) is 6.40. The summed E-state index contributed by atoms with van der Waals surface area (Å²) in [4.78, 5) is 2.54. The highest BCUT2D eigenvalue weighted by Gasteiger charge is 2.28. The number of nitrogens with two attached hydrogens (primary N) is 1. The van der Waals surface area contributed by atoms with Gasteiger partial charge in [0.25, 0.3) is 0 Å². The fourth-order valence-corrected chi connectivity index (χ4v) is 2.89. The molecule has 1 aromatic rings. The van der Waals surface area contributed by atoms with E-state index in [2.05, 4.69) is 18.7 Å². The number of rotatable bonds is 3. The van der Waals surface area contributed by atoms with Gasteiger partial charge in [0.1, 0.15) is 5.75 Å². The zero-order valence-corrected chi connectivity index (χ0v) is 11.3. The van der Waals surface area contributed by atoms with Crippen LogP contribution in [0.15, 0.2) is 24.3 Å². The molecule has 1 saturated heterocycles. The molecule has 0 aromatic heterocycles. The predicted molar refractivity (Wildman–Crippen MR) is 74.5 cm³/mol. The van der Waals surface area contributed by atoms with Crippen molar-refractivity contribution in [2.24, 2.45) is 11.7 Å².